The van der Waals surface area contributed by atoms with Crippen LogP contribution in [0.2, 0.25) is 0 Å². The van der Waals surface area contributed by atoms with Crippen LogP contribution in [0.3, 0.4) is 0 Å². The van der Waals surface area contributed by atoms with E-state index in [0.29, 0.717) is 13.2 Å². The molecule has 8 heteroatoms. The van der Waals surface area contributed by atoms with E-state index in [2.05, 4.69) is 11.1 Å². The van der Waals surface area contributed by atoms with Crippen molar-refractivity contribution in [2.24, 2.45) is 0 Å². The Morgan fingerprint density at radius 2 is 1.65 bits per heavy atom. The smallest absolute Gasteiger partial charge is 0.379 e. The number of ether oxygens (including phenoxy) is 3. The van der Waals surface area contributed by atoms with Crippen LogP contribution in [0.1, 0.15) is 78.1 Å². The predicted octanol–water partition coefficient (Wildman–Crippen LogP) is 3.87. The fourth-order valence-corrected chi connectivity index (χ4v) is 3.26. The number of rotatable bonds is 16. The first-order valence-electron chi connectivity index (χ1n) is 9.86. The molecule has 1 rings (SSSR count). The minimum atomic E-state index is -4.43. The summed E-state index contributed by atoms with van der Waals surface area (Å²) in [4.78, 5) is 0. The topological polar surface area (TPSA) is 91.3 Å². The molecule has 0 aliphatic carbocycles. The van der Waals surface area contributed by atoms with Crippen LogP contribution in [0.15, 0.2) is 0 Å². The van der Waals surface area contributed by atoms with Crippen molar-refractivity contribution in [3.05, 3.63) is 0 Å². The highest BCUT2D eigenvalue weighted by molar-refractivity contribution is 7.80. The molecule has 0 bridgehead atoms. The lowest BCUT2D eigenvalue weighted by Crippen LogP contribution is -2.30. The van der Waals surface area contributed by atoms with Gasteiger partial charge < -0.3 is 14.2 Å². The Kier molecular flexibility index (Phi) is 11.9. The van der Waals surface area contributed by atoms with E-state index >= 15 is 0 Å². The molecule has 1 N–H and O–H groups in total. The van der Waals surface area contributed by atoms with Gasteiger partial charge in [-0.15, -0.1) is 0 Å². The predicted molar refractivity (Wildman–Crippen MR) is 99.4 cm³/mol. The molecule has 0 amide bonds. The lowest BCUT2D eigenvalue weighted by molar-refractivity contribution is -0.167. The number of hydrogen-bond donors (Lipinski definition) is 1. The summed E-state index contributed by atoms with van der Waals surface area (Å²) in [6.07, 6.45) is 11.6. The lowest BCUT2D eigenvalue weighted by Gasteiger charge is -2.22. The molecule has 2 unspecified atom stereocenters. The van der Waals surface area contributed by atoms with E-state index in [0.717, 1.165) is 13.0 Å². The van der Waals surface area contributed by atoms with Crippen LogP contribution in [-0.4, -0.2) is 51.3 Å². The van der Waals surface area contributed by atoms with Gasteiger partial charge in [-0.25, -0.2) is 4.18 Å². The summed E-state index contributed by atoms with van der Waals surface area (Å²) in [7, 11) is -4.43. The Balaban J connectivity index is 1.95. The fraction of sp³-hybridized carbons (Fsp3) is 1.00. The second kappa shape index (κ2) is 13.0. The first-order chi connectivity index (χ1) is 12.3. The van der Waals surface area contributed by atoms with Crippen LogP contribution in [-0.2, 0) is 28.8 Å². The lowest BCUT2D eigenvalue weighted by atomic mass is 10.1. The van der Waals surface area contributed by atoms with Gasteiger partial charge in [0.05, 0.1) is 19.8 Å². The highest BCUT2D eigenvalue weighted by atomic mass is 32.3. The summed E-state index contributed by atoms with van der Waals surface area (Å²) in [5.74, 6) is -0.906. The van der Waals surface area contributed by atoms with Gasteiger partial charge in [0.25, 0.3) is 0 Å². The molecular weight excluding hydrogens is 360 g/mol. The van der Waals surface area contributed by atoms with Crippen molar-refractivity contribution < 1.29 is 31.4 Å². The minimum Gasteiger partial charge on any atom is -0.379 e. The largest absolute Gasteiger partial charge is 0.397 e. The van der Waals surface area contributed by atoms with Crippen LogP contribution in [0.25, 0.3) is 0 Å². The van der Waals surface area contributed by atoms with Crippen molar-refractivity contribution in [2.45, 2.75) is 89.9 Å². The van der Waals surface area contributed by atoms with E-state index in [4.69, 9.17) is 18.8 Å². The molecule has 1 aliphatic rings. The van der Waals surface area contributed by atoms with E-state index in [1.807, 2.05) is 0 Å². The molecule has 2 atom stereocenters. The molecule has 7 nitrogen and oxygen atoms in total. The molecule has 0 spiro atoms. The van der Waals surface area contributed by atoms with E-state index in [1.165, 1.54) is 51.4 Å². The molecule has 0 aromatic carbocycles. The van der Waals surface area contributed by atoms with Gasteiger partial charge in [-0.05, 0) is 13.3 Å². The van der Waals surface area contributed by atoms with Crippen molar-refractivity contribution in [3.8, 4) is 0 Å². The van der Waals surface area contributed by atoms with Gasteiger partial charge in [0.2, 0.25) is 0 Å². The van der Waals surface area contributed by atoms with Crippen LogP contribution in [0.4, 0.5) is 0 Å². The average Bonchev–Trinajstić information content (AvgIpc) is 2.93. The van der Waals surface area contributed by atoms with Crippen LogP contribution in [0.5, 0.6) is 0 Å². The van der Waals surface area contributed by atoms with Crippen LogP contribution in [0, 0.1) is 0 Å². The van der Waals surface area contributed by atoms with Gasteiger partial charge in [-0.1, -0.05) is 58.3 Å². The summed E-state index contributed by atoms with van der Waals surface area (Å²) >= 11 is 0. The highest BCUT2D eigenvalue weighted by Crippen LogP contribution is 2.27. The average molecular weight is 397 g/mol. The van der Waals surface area contributed by atoms with Gasteiger partial charge in [-0.3, -0.25) is 4.55 Å². The summed E-state index contributed by atoms with van der Waals surface area (Å²) in [5.41, 5.74) is 0. The van der Waals surface area contributed by atoms with Crippen molar-refractivity contribution in [3.63, 3.8) is 0 Å². The van der Waals surface area contributed by atoms with Crippen LogP contribution < -0.4 is 0 Å². The second-order valence-corrected chi connectivity index (χ2v) is 8.18. The minimum absolute atomic E-state index is 0.163. The first kappa shape index (κ1) is 23.8. The molecule has 1 saturated heterocycles. The van der Waals surface area contributed by atoms with E-state index in [1.54, 1.807) is 6.92 Å². The number of hydrogen-bond acceptors (Lipinski definition) is 6. The molecule has 156 valence electrons. The Morgan fingerprint density at radius 3 is 2.27 bits per heavy atom. The van der Waals surface area contributed by atoms with Gasteiger partial charge in [-0.2, -0.15) is 8.42 Å². The maximum Gasteiger partial charge on any atom is 0.397 e. The third-order valence-corrected chi connectivity index (χ3v) is 4.94. The zero-order chi connectivity index (χ0) is 19.3. The Bertz CT molecular complexity index is 454. The third-order valence-electron chi connectivity index (χ3n) is 4.47. The highest BCUT2D eigenvalue weighted by Gasteiger charge is 2.37. The zero-order valence-corrected chi connectivity index (χ0v) is 17.1. The van der Waals surface area contributed by atoms with Crippen molar-refractivity contribution in [2.75, 3.05) is 26.4 Å². The second-order valence-electron chi connectivity index (χ2n) is 7.09. The van der Waals surface area contributed by atoms with Gasteiger partial charge in [0.1, 0.15) is 6.10 Å². The molecule has 1 aliphatic heterocycles. The van der Waals surface area contributed by atoms with Gasteiger partial charge in [0.15, 0.2) is 5.79 Å². The summed E-state index contributed by atoms with van der Waals surface area (Å²) in [6.45, 7) is 5.36. The van der Waals surface area contributed by atoms with Gasteiger partial charge >= 0.3 is 10.4 Å². The van der Waals surface area contributed by atoms with E-state index in [-0.39, 0.29) is 19.1 Å². The monoisotopic (exact) mass is 396 g/mol. The SMILES string of the molecule is CCCCCCCCCCCOCC1COC(C)(CCOS(=O)(=O)O)O1. The molecular formula is C18H36O7S. The molecule has 0 saturated carbocycles. The zero-order valence-electron chi connectivity index (χ0n) is 16.3. The van der Waals surface area contributed by atoms with E-state index in [9.17, 15) is 8.42 Å². The Labute approximate surface area is 158 Å². The summed E-state index contributed by atoms with van der Waals surface area (Å²) in [5, 5.41) is 0. The summed E-state index contributed by atoms with van der Waals surface area (Å²) in [6, 6.07) is 0. The standard InChI is InChI=1S/C18H36O7S/c1-3-4-5-6-7-8-9-10-11-13-22-15-17-16-23-18(2,25-17)12-14-24-26(19,20)21/h17H,3-16H2,1-2H3,(H,19,20,21). The molecule has 0 aromatic heterocycles. The molecule has 0 aromatic rings. The first-order valence-corrected chi connectivity index (χ1v) is 11.2. The van der Waals surface area contributed by atoms with E-state index < -0.39 is 16.2 Å². The Morgan fingerprint density at radius 1 is 1.04 bits per heavy atom. The third kappa shape index (κ3) is 12.2. The fourth-order valence-electron chi connectivity index (χ4n) is 2.96. The Hall–Kier alpha value is -0.250. The molecule has 0 radical (unpaired) electrons. The van der Waals surface area contributed by atoms with Crippen molar-refractivity contribution in [1.29, 1.82) is 0 Å². The molecule has 1 heterocycles. The van der Waals surface area contributed by atoms with Crippen molar-refractivity contribution in [1.82, 2.24) is 0 Å². The maximum absolute atomic E-state index is 10.5. The molecule has 26 heavy (non-hydrogen) atoms. The molecule has 1 fully saturated rings. The van der Waals surface area contributed by atoms with Gasteiger partial charge in [0, 0.05) is 13.0 Å². The van der Waals surface area contributed by atoms with Crippen molar-refractivity contribution >= 4 is 10.4 Å². The normalized spacial score (nSPS) is 23.6. The number of unbranched alkanes of at least 4 members (excludes halogenated alkanes) is 8. The summed E-state index contributed by atoms with van der Waals surface area (Å²) < 4.78 is 50.9. The maximum atomic E-state index is 10.5. The quantitative estimate of drug-likeness (QED) is 0.313. The van der Waals surface area contributed by atoms with Crippen LogP contribution >= 0.6 is 0 Å².